The molecule has 0 bridgehead atoms. The Bertz CT molecular complexity index is 1260. The van der Waals surface area contributed by atoms with Gasteiger partial charge in [0.05, 0.1) is 17.6 Å². The second kappa shape index (κ2) is 9.90. The number of aromatic nitrogens is 3. The van der Waals surface area contributed by atoms with Gasteiger partial charge in [0.1, 0.15) is 23.4 Å². The first-order valence-electron chi connectivity index (χ1n) is 10.4. The van der Waals surface area contributed by atoms with Crippen LogP contribution in [0.15, 0.2) is 42.5 Å². The molecular formula is C24H24FN5OS. The highest BCUT2D eigenvalue weighted by atomic mass is 32.1. The minimum absolute atomic E-state index is 0.0761. The molecule has 0 spiro atoms. The van der Waals surface area contributed by atoms with Gasteiger partial charge in [-0.3, -0.25) is 4.90 Å². The summed E-state index contributed by atoms with van der Waals surface area (Å²) in [6.07, 6.45) is 1.78. The molecule has 0 fully saturated rings. The Labute approximate surface area is 190 Å². The van der Waals surface area contributed by atoms with Gasteiger partial charge in [0.15, 0.2) is 5.82 Å². The van der Waals surface area contributed by atoms with Crippen LogP contribution in [0, 0.1) is 24.1 Å². The van der Waals surface area contributed by atoms with Gasteiger partial charge in [-0.15, -0.1) is 11.3 Å². The number of ether oxygens (including phenoxy) is 1. The maximum Gasteiger partial charge on any atom is 0.213 e. The summed E-state index contributed by atoms with van der Waals surface area (Å²) < 4.78 is 19.2. The van der Waals surface area contributed by atoms with Crippen molar-refractivity contribution in [2.45, 2.75) is 32.9 Å². The fraction of sp³-hybridized carbons (Fsp3) is 0.292. The second-order valence-corrected chi connectivity index (χ2v) is 8.94. The lowest BCUT2D eigenvalue weighted by Gasteiger charge is -2.14. The van der Waals surface area contributed by atoms with Crippen LogP contribution < -0.4 is 4.74 Å². The molecular weight excluding hydrogens is 425 g/mol. The van der Waals surface area contributed by atoms with Crippen LogP contribution in [0.1, 0.15) is 33.3 Å². The minimum Gasteiger partial charge on any atom is -0.472 e. The number of aryl methyl sites for hydroxylation is 2. The topological polar surface area (TPSA) is 77.8 Å². The number of hydrogen-bond donors (Lipinski definition) is 1. The van der Waals surface area contributed by atoms with Crippen LogP contribution in [-0.2, 0) is 19.6 Å². The summed E-state index contributed by atoms with van der Waals surface area (Å²) in [4.78, 5) is 15.6. The quantitative estimate of drug-likeness (QED) is 0.390. The van der Waals surface area contributed by atoms with E-state index in [1.807, 2.05) is 24.3 Å². The highest BCUT2D eigenvalue weighted by Gasteiger charge is 2.10. The first-order chi connectivity index (χ1) is 15.5. The summed E-state index contributed by atoms with van der Waals surface area (Å²) in [5.74, 6) is 0.964. The number of nitriles is 1. The third kappa shape index (κ3) is 5.49. The Morgan fingerprint density at radius 3 is 2.91 bits per heavy atom. The van der Waals surface area contributed by atoms with Crippen LogP contribution in [0.25, 0.3) is 11.0 Å². The molecule has 1 N–H and O–H groups in total. The second-order valence-electron chi connectivity index (χ2n) is 7.80. The molecule has 0 unspecified atom stereocenters. The minimum atomic E-state index is -0.500. The summed E-state index contributed by atoms with van der Waals surface area (Å²) in [5.41, 5.74) is 4.23. The van der Waals surface area contributed by atoms with Crippen molar-refractivity contribution < 1.29 is 9.13 Å². The van der Waals surface area contributed by atoms with Crippen LogP contribution in [0.4, 0.5) is 4.39 Å². The molecule has 0 saturated heterocycles. The SMILES string of the molecule is Cc1ccc2nc(CN(C)CCCc3cccc(OCc4cc(F)c(C#N)s4)n3)[nH]c2c1. The van der Waals surface area contributed by atoms with Crippen LogP contribution in [0.5, 0.6) is 5.88 Å². The molecule has 1 aromatic carbocycles. The van der Waals surface area contributed by atoms with E-state index in [9.17, 15) is 4.39 Å². The lowest BCUT2D eigenvalue weighted by atomic mass is 10.2. The molecule has 0 saturated carbocycles. The zero-order chi connectivity index (χ0) is 22.5. The van der Waals surface area contributed by atoms with Gasteiger partial charge in [0.2, 0.25) is 5.88 Å². The van der Waals surface area contributed by atoms with Gasteiger partial charge >= 0.3 is 0 Å². The van der Waals surface area contributed by atoms with Gasteiger partial charge < -0.3 is 9.72 Å². The van der Waals surface area contributed by atoms with Crippen molar-refractivity contribution in [1.82, 2.24) is 19.9 Å². The average molecular weight is 450 g/mol. The number of hydrogen-bond acceptors (Lipinski definition) is 6. The van der Waals surface area contributed by atoms with Gasteiger partial charge in [-0.05, 0) is 63.2 Å². The average Bonchev–Trinajstić information content (AvgIpc) is 3.34. The predicted molar refractivity (Wildman–Crippen MR) is 123 cm³/mol. The standard InChI is InChI=1S/C24H24FN5OS/c1-16-8-9-20-21(11-16)29-23(28-20)14-30(2)10-4-6-17-5-3-7-24(27-17)31-15-18-12-19(25)22(13-26)32-18/h3,5,7-9,11-12H,4,6,10,14-15H2,1-2H3,(H,28,29). The van der Waals surface area contributed by atoms with Crippen LogP contribution in [-0.4, -0.2) is 33.4 Å². The summed E-state index contributed by atoms with van der Waals surface area (Å²) in [7, 11) is 2.08. The molecule has 164 valence electrons. The van der Waals surface area contributed by atoms with E-state index in [4.69, 9.17) is 10.00 Å². The van der Waals surface area contributed by atoms with Gasteiger partial charge in [-0.25, -0.2) is 14.4 Å². The number of halogens is 1. The zero-order valence-electron chi connectivity index (χ0n) is 18.1. The van der Waals surface area contributed by atoms with Crippen molar-refractivity contribution in [1.29, 1.82) is 5.26 Å². The van der Waals surface area contributed by atoms with Crippen LogP contribution in [0.2, 0.25) is 0 Å². The number of rotatable bonds is 9. The fourth-order valence-corrected chi connectivity index (χ4v) is 4.25. The summed E-state index contributed by atoms with van der Waals surface area (Å²) in [6.45, 7) is 3.94. The Morgan fingerprint density at radius 1 is 1.22 bits per heavy atom. The number of fused-ring (bicyclic) bond motifs is 1. The van der Waals surface area contributed by atoms with Crippen molar-refractivity contribution in [3.63, 3.8) is 0 Å². The molecule has 0 aliphatic carbocycles. The monoisotopic (exact) mass is 449 g/mol. The molecule has 0 radical (unpaired) electrons. The van der Waals surface area contributed by atoms with E-state index >= 15 is 0 Å². The molecule has 0 atom stereocenters. The number of nitrogens with one attached hydrogen (secondary N) is 1. The molecule has 0 amide bonds. The number of benzene rings is 1. The summed E-state index contributed by atoms with van der Waals surface area (Å²) >= 11 is 1.10. The number of H-pyrrole nitrogens is 1. The molecule has 3 aromatic heterocycles. The van der Waals surface area contributed by atoms with E-state index in [1.54, 1.807) is 6.07 Å². The third-order valence-corrected chi connectivity index (χ3v) is 6.05. The molecule has 4 aromatic rings. The van der Waals surface area contributed by atoms with Crippen molar-refractivity contribution >= 4 is 22.4 Å². The number of pyridine rings is 1. The maximum atomic E-state index is 13.5. The largest absolute Gasteiger partial charge is 0.472 e. The molecule has 0 aliphatic heterocycles. The van der Waals surface area contributed by atoms with E-state index in [2.05, 4.69) is 46.0 Å². The van der Waals surface area contributed by atoms with Gasteiger partial charge in [-0.1, -0.05) is 12.1 Å². The normalized spacial score (nSPS) is 11.2. The van der Waals surface area contributed by atoms with Gasteiger partial charge in [-0.2, -0.15) is 5.26 Å². The summed E-state index contributed by atoms with van der Waals surface area (Å²) in [6, 6.07) is 15.1. The Morgan fingerprint density at radius 2 is 2.09 bits per heavy atom. The van der Waals surface area contributed by atoms with Gasteiger partial charge in [0.25, 0.3) is 0 Å². The summed E-state index contributed by atoms with van der Waals surface area (Å²) in [5, 5.41) is 8.86. The Balaban J connectivity index is 1.25. The van der Waals surface area contributed by atoms with E-state index in [-0.39, 0.29) is 11.5 Å². The van der Waals surface area contributed by atoms with Crippen LogP contribution >= 0.6 is 11.3 Å². The molecule has 4 rings (SSSR count). The highest BCUT2D eigenvalue weighted by Crippen LogP contribution is 2.22. The van der Waals surface area contributed by atoms with E-state index in [0.29, 0.717) is 10.8 Å². The molecule has 0 aliphatic rings. The first kappa shape index (κ1) is 21.9. The molecule has 6 nitrogen and oxygen atoms in total. The van der Waals surface area contributed by atoms with Crippen molar-refractivity contribution in [2.24, 2.45) is 0 Å². The third-order valence-electron chi connectivity index (χ3n) is 5.06. The molecule has 3 heterocycles. The smallest absolute Gasteiger partial charge is 0.213 e. The number of nitrogens with zero attached hydrogens (tertiary/aromatic N) is 4. The van der Waals surface area contributed by atoms with Crippen molar-refractivity contribution in [3.05, 3.63) is 75.1 Å². The van der Waals surface area contributed by atoms with Crippen LogP contribution in [0.3, 0.4) is 0 Å². The number of thiophene rings is 1. The highest BCUT2D eigenvalue weighted by molar-refractivity contribution is 7.12. The van der Waals surface area contributed by atoms with Gasteiger partial charge in [0, 0.05) is 16.6 Å². The van der Waals surface area contributed by atoms with Crippen molar-refractivity contribution in [3.8, 4) is 11.9 Å². The van der Waals surface area contributed by atoms with Crippen molar-refractivity contribution in [2.75, 3.05) is 13.6 Å². The van der Waals surface area contributed by atoms with E-state index < -0.39 is 5.82 Å². The first-order valence-corrected chi connectivity index (χ1v) is 11.2. The zero-order valence-corrected chi connectivity index (χ0v) is 18.9. The lowest BCUT2D eigenvalue weighted by Crippen LogP contribution is -2.20. The lowest BCUT2D eigenvalue weighted by molar-refractivity contribution is 0.295. The Hall–Kier alpha value is -3.28. The Kier molecular flexibility index (Phi) is 6.78. The number of imidazole rings is 1. The molecule has 8 heteroatoms. The van der Waals surface area contributed by atoms with E-state index in [0.717, 1.165) is 59.8 Å². The maximum absolute atomic E-state index is 13.5. The fourth-order valence-electron chi connectivity index (χ4n) is 3.50. The predicted octanol–water partition coefficient (Wildman–Crippen LogP) is 4.98. The molecule has 32 heavy (non-hydrogen) atoms. The van der Waals surface area contributed by atoms with E-state index in [1.165, 1.54) is 11.6 Å². The number of aromatic amines is 1.